The van der Waals surface area contributed by atoms with Gasteiger partial charge in [-0.15, -0.1) is 0 Å². The van der Waals surface area contributed by atoms with E-state index < -0.39 is 28.5 Å². The summed E-state index contributed by atoms with van der Waals surface area (Å²) in [6.45, 7) is 4.96. The topological polar surface area (TPSA) is 86.8 Å². The summed E-state index contributed by atoms with van der Waals surface area (Å²) < 4.78 is 28.8. The molecule has 3 aromatic carbocycles. The number of hydrogen-bond acceptors (Lipinski definition) is 4. The number of sulfonamides is 1. The molecule has 0 saturated heterocycles. The van der Waals surface area contributed by atoms with Crippen molar-refractivity contribution in [2.75, 3.05) is 17.4 Å². The molecule has 0 radical (unpaired) electrons. The molecule has 0 bridgehead atoms. The Morgan fingerprint density at radius 2 is 1.56 bits per heavy atom. The summed E-state index contributed by atoms with van der Waals surface area (Å²) in [5.41, 5.74) is 1.30. The molecule has 3 rings (SSSR count). The van der Waals surface area contributed by atoms with Crippen LogP contribution >= 0.6 is 34.8 Å². The summed E-state index contributed by atoms with van der Waals surface area (Å²) in [6, 6.07) is 16.7. The second-order valence-corrected chi connectivity index (χ2v) is 11.9. The van der Waals surface area contributed by atoms with Gasteiger partial charge in [-0.1, -0.05) is 72.1 Å². The van der Waals surface area contributed by atoms with Gasteiger partial charge in [0.2, 0.25) is 11.8 Å². The van der Waals surface area contributed by atoms with Gasteiger partial charge in [-0.2, -0.15) is 0 Å². The van der Waals surface area contributed by atoms with Crippen molar-refractivity contribution in [3.8, 4) is 0 Å². The van der Waals surface area contributed by atoms with Crippen molar-refractivity contribution in [3.05, 3.63) is 92.9 Å². The zero-order chi connectivity index (χ0) is 28.7. The van der Waals surface area contributed by atoms with Crippen LogP contribution in [-0.2, 0) is 26.2 Å². The lowest BCUT2D eigenvalue weighted by atomic mass is 10.1. The van der Waals surface area contributed by atoms with E-state index in [1.54, 1.807) is 69.3 Å². The number of anilines is 1. The van der Waals surface area contributed by atoms with Crippen LogP contribution in [0.15, 0.2) is 71.6 Å². The molecule has 0 fully saturated rings. The van der Waals surface area contributed by atoms with Crippen molar-refractivity contribution in [3.63, 3.8) is 0 Å². The van der Waals surface area contributed by atoms with E-state index in [4.69, 9.17) is 34.8 Å². The molecule has 2 amide bonds. The Kier molecular flexibility index (Phi) is 10.7. The van der Waals surface area contributed by atoms with Crippen LogP contribution in [0, 0.1) is 6.92 Å². The SMILES string of the molecule is CCNC(=O)[C@@H](CC)N(Cc1c(Cl)cccc1Cl)C(=O)CN(c1cc(Cl)ccc1C)S(=O)(=O)c1ccccc1. The average Bonchev–Trinajstić information content (AvgIpc) is 2.90. The number of nitrogens with one attached hydrogen (secondary N) is 1. The number of aryl methyl sites for hydroxylation is 1. The Balaban J connectivity index is 2.13. The number of amides is 2. The molecule has 7 nitrogen and oxygen atoms in total. The molecule has 0 aliphatic carbocycles. The van der Waals surface area contributed by atoms with Gasteiger partial charge in [0.25, 0.3) is 10.0 Å². The van der Waals surface area contributed by atoms with Crippen molar-refractivity contribution in [1.82, 2.24) is 10.2 Å². The normalized spacial score (nSPS) is 12.1. The van der Waals surface area contributed by atoms with Gasteiger partial charge in [-0.25, -0.2) is 8.42 Å². The molecule has 0 spiro atoms. The molecular weight excluding hydrogens is 581 g/mol. The number of hydrogen-bond donors (Lipinski definition) is 1. The van der Waals surface area contributed by atoms with Crippen LogP contribution in [-0.4, -0.2) is 44.3 Å². The molecule has 39 heavy (non-hydrogen) atoms. The first kappa shape index (κ1) is 30.8. The Morgan fingerprint density at radius 1 is 0.923 bits per heavy atom. The molecule has 0 aliphatic rings. The first-order chi connectivity index (χ1) is 18.5. The monoisotopic (exact) mass is 609 g/mol. The Hall–Kier alpha value is -2.78. The molecule has 11 heteroatoms. The van der Waals surface area contributed by atoms with Crippen LogP contribution < -0.4 is 9.62 Å². The number of likely N-dealkylation sites (N-methyl/N-ethyl adjacent to an activating group) is 1. The quantitative estimate of drug-likeness (QED) is 0.285. The van der Waals surface area contributed by atoms with Gasteiger partial charge in [-0.3, -0.25) is 13.9 Å². The van der Waals surface area contributed by atoms with Crippen LogP contribution in [0.4, 0.5) is 5.69 Å². The van der Waals surface area contributed by atoms with E-state index in [0.29, 0.717) is 32.7 Å². The van der Waals surface area contributed by atoms with Crippen molar-refractivity contribution < 1.29 is 18.0 Å². The third-order valence-corrected chi connectivity index (χ3v) is 8.89. The van der Waals surface area contributed by atoms with Crippen LogP contribution in [0.3, 0.4) is 0 Å². The van der Waals surface area contributed by atoms with E-state index in [2.05, 4.69) is 5.32 Å². The van der Waals surface area contributed by atoms with Gasteiger partial charge in [0.1, 0.15) is 12.6 Å². The average molecular weight is 611 g/mol. The molecule has 3 aromatic rings. The Labute approximate surface area is 244 Å². The fraction of sp³-hybridized carbons (Fsp3) is 0.286. The van der Waals surface area contributed by atoms with Crippen LogP contribution in [0.1, 0.15) is 31.4 Å². The maximum atomic E-state index is 14.1. The maximum absolute atomic E-state index is 14.1. The first-order valence-electron chi connectivity index (χ1n) is 12.3. The number of halogens is 3. The van der Waals surface area contributed by atoms with Crippen LogP contribution in [0.5, 0.6) is 0 Å². The van der Waals surface area contributed by atoms with Crippen molar-refractivity contribution in [1.29, 1.82) is 0 Å². The fourth-order valence-corrected chi connectivity index (χ4v) is 6.32. The van der Waals surface area contributed by atoms with Gasteiger partial charge >= 0.3 is 0 Å². The Bertz CT molecular complexity index is 1410. The summed E-state index contributed by atoms with van der Waals surface area (Å²) in [7, 11) is -4.20. The number of benzene rings is 3. The van der Waals surface area contributed by atoms with E-state index in [-0.39, 0.29) is 29.5 Å². The molecule has 0 saturated carbocycles. The highest BCUT2D eigenvalue weighted by molar-refractivity contribution is 7.92. The third kappa shape index (κ3) is 7.25. The second kappa shape index (κ2) is 13.5. The van der Waals surface area contributed by atoms with Gasteiger partial charge in [0, 0.05) is 33.7 Å². The van der Waals surface area contributed by atoms with Crippen molar-refractivity contribution >= 4 is 62.3 Å². The number of carbonyl (C=O) groups is 2. The summed E-state index contributed by atoms with van der Waals surface area (Å²) in [5, 5.41) is 3.72. The lowest BCUT2D eigenvalue weighted by molar-refractivity contribution is -0.140. The smallest absolute Gasteiger partial charge is 0.264 e. The zero-order valence-corrected chi connectivity index (χ0v) is 24.9. The lowest BCUT2D eigenvalue weighted by Crippen LogP contribution is -2.52. The molecule has 0 aromatic heterocycles. The molecule has 1 atom stereocenters. The molecule has 0 unspecified atom stereocenters. The number of carbonyl (C=O) groups excluding carboxylic acids is 2. The second-order valence-electron chi connectivity index (χ2n) is 8.80. The molecular formula is C28H30Cl3N3O4S. The molecule has 0 aliphatic heterocycles. The summed E-state index contributed by atoms with van der Waals surface area (Å²) in [4.78, 5) is 28.4. The van der Waals surface area contributed by atoms with E-state index in [1.807, 2.05) is 0 Å². The minimum atomic E-state index is -4.20. The first-order valence-corrected chi connectivity index (χ1v) is 14.9. The zero-order valence-electron chi connectivity index (χ0n) is 21.8. The van der Waals surface area contributed by atoms with E-state index in [1.165, 1.54) is 23.1 Å². The maximum Gasteiger partial charge on any atom is 0.264 e. The van der Waals surface area contributed by atoms with E-state index >= 15 is 0 Å². The van der Waals surface area contributed by atoms with Gasteiger partial charge in [0.15, 0.2) is 0 Å². The highest BCUT2D eigenvalue weighted by Crippen LogP contribution is 2.31. The predicted octanol–water partition coefficient (Wildman–Crippen LogP) is 6.09. The standard InChI is InChI=1S/C28H30Cl3N3O4S/c1-4-25(28(36)32-5-2)33(17-22-23(30)12-9-13-24(22)31)27(35)18-34(26-16-20(29)15-14-19(26)3)39(37,38)21-10-7-6-8-11-21/h6-16,25H,4-5,17-18H2,1-3H3,(H,32,36)/t25-/m1/s1. The van der Waals surface area contributed by atoms with Crippen molar-refractivity contribution in [2.45, 2.75) is 44.7 Å². The predicted molar refractivity (Wildman–Crippen MR) is 157 cm³/mol. The minimum absolute atomic E-state index is 0.00800. The molecule has 208 valence electrons. The molecule has 0 heterocycles. The summed E-state index contributed by atoms with van der Waals surface area (Å²) >= 11 is 19.1. The highest BCUT2D eigenvalue weighted by atomic mass is 35.5. The largest absolute Gasteiger partial charge is 0.355 e. The van der Waals surface area contributed by atoms with Crippen molar-refractivity contribution in [2.24, 2.45) is 0 Å². The van der Waals surface area contributed by atoms with Crippen LogP contribution in [0.2, 0.25) is 15.1 Å². The van der Waals surface area contributed by atoms with Gasteiger partial charge in [0.05, 0.1) is 10.6 Å². The van der Waals surface area contributed by atoms with Gasteiger partial charge in [-0.05, 0) is 62.2 Å². The van der Waals surface area contributed by atoms with E-state index in [9.17, 15) is 18.0 Å². The van der Waals surface area contributed by atoms with Gasteiger partial charge < -0.3 is 10.2 Å². The van der Waals surface area contributed by atoms with Crippen LogP contribution in [0.25, 0.3) is 0 Å². The van der Waals surface area contributed by atoms with E-state index in [0.717, 1.165) is 4.31 Å². The summed E-state index contributed by atoms with van der Waals surface area (Å²) in [5.74, 6) is -0.976. The number of rotatable bonds is 11. The Morgan fingerprint density at radius 3 is 2.15 bits per heavy atom. The highest BCUT2D eigenvalue weighted by Gasteiger charge is 2.34. The minimum Gasteiger partial charge on any atom is -0.355 e. The lowest BCUT2D eigenvalue weighted by Gasteiger charge is -2.34. The molecule has 1 N–H and O–H groups in total. The summed E-state index contributed by atoms with van der Waals surface area (Å²) in [6.07, 6.45) is 0.279. The number of nitrogens with zero attached hydrogens (tertiary/aromatic N) is 2. The third-order valence-electron chi connectivity index (χ3n) is 6.18. The fourth-order valence-electron chi connectivity index (χ4n) is 4.15.